The number of carbonyl (C=O) groups is 1. The van der Waals surface area contributed by atoms with Gasteiger partial charge in [-0.05, 0) is 31.9 Å². The molecule has 0 spiro atoms. The van der Waals surface area contributed by atoms with Crippen LogP contribution in [0.1, 0.15) is 25.3 Å². The number of benzene rings is 1. The van der Waals surface area contributed by atoms with Crippen LogP contribution in [0.15, 0.2) is 30.3 Å². The molecule has 0 radical (unpaired) electrons. The number of carboxylic acids is 1. The van der Waals surface area contributed by atoms with Crippen LogP contribution in [0.25, 0.3) is 0 Å². The van der Waals surface area contributed by atoms with Crippen molar-refractivity contribution in [3.8, 4) is 0 Å². The number of hydrogen-bond donors (Lipinski definition) is 1. The van der Waals surface area contributed by atoms with E-state index in [2.05, 4.69) is 17.0 Å². The summed E-state index contributed by atoms with van der Waals surface area (Å²) >= 11 is 0. The number of ether oxygens (including phenoxy) is 1. The summed E-state index contributed by atoms with van der Waals surface area (Å²) in [5.41, 5.74) is 1.29. The Kier molecular flexibility index (Phi) is 4.93. The van der Waals surface area contributed by atoms with Crippen LogP contribution < -0.4 is 0 Å². The van der Waals surface area contributed by atoms with Crippen LogP contribution in [-0.4, -0.2) is 41.3 Å². The molecule has 1 N–H and O–H groups in total. The van der Waals surface area contributed by atoms with Gasteiger partial charge < -0.3 is 9.84 Å². The van der Waals surface area contributed by atoms with E-state index in [1.165, 1.54) is 5.56 Å². The SMILES string of the molecule is CC(OC1CCCN(Cc2ccccc2)C1)C(=O)O. The highest BCUT2D eigenvalue weighted by Crippen LogP contribution is 2.17. The van der Waals surface area contributed by atoms with Gasteiger partial charge in [0.05, 0.1) is 6.10 Å². The van der Waals surface area contributed by atoms with E-state index in [1.807, 2.05) is 18.2 Å². The number of nitrogens with zero attached hydrogens (tertiary/aromatic N) is 1. The van der Waals surface area contributed by atoms with Crippen LogP contribution in [0.3, 0.4) is 0 Å². The van der Waals surface area contributed by atoms with Crippen molar-refractivity contribution >= 4 is 5.97 Å². The summed E-state index contributed by atoms with van der Waals surface area (Å²) in [6, 6.07) is 10.3. The third-order valence-corrected chi connectivity index (χ3v) is 3.46. The molecule has 0 aromatic heterocycles. The molecule has 1 aromatic rings. The van der Waals surface area contributed by atoms with Gasteiger partial charge in [0.25, 0.3) is 0 Å². The maximum Gasteiger partial charge on any atom is 0.332 e. The Morgan fingerprint density at radius 1 is 1.47 bits per heavy atom. The molecule has 1 aliphatic rings. The zero-order valence-corrected chi connectivity index (χ0v) is 11.3. The van der Waals surface area contributed by atoms with Crippen molar-refractivity contribution < 1.29 is 14.6 Å². The molecule has 1 saturated heterocycles. The Bertz CT molecular complexity index is 407. The minimum absolute atomic E-state index is 0.0311. The summed E-state index contributed by atoms with van der Waals surface area (Å²) in [4.78, 5) is 13.1. The Hall–Kier alpha value is -1.39. The summed E-state index contributed by atoms with van der Waals surface area (Å²) in [5.74, 6) is -0.889. The molecule has 2 rings (SSSR count). The number of aliphatic carboxylic acids is 1. The van der Waals surface area contributed by atoms with E-state index in [0.29, 0.717) is 0 Å². The van der Waals surface area contributed by atoms with Gasteiger partial charge in [-0.15, -0.1) is 0 Å². The number of likely N-dealkylation sites (tertiary alicyclic amines) is 1. The van der Waals surface area contributed by atoms with Crippen LogP contribution in [0.4, 0.5) is 0 Å². The molecule has 1 aliphatic heterocycles. The molecule has 0 saturated carbocycles. The second-order valence-electron chi connectivity index (χ2n) is 5.10. The first-order valence-corrected chi connectivity index (χ1v) is 6.79. The molecule has 1 heterocycles. The lowest BCUT2D eigenvalue weighted by Gasteiger charge is -2.33. The third-order valence-electron chi connectivity index (χ3n) is 3.46. The predicted molar refractivity (Wildman–Crippen MR) is 72.9 cm³/mol. The molecule has 2 unspecified atom stereocenters. The average Bonchev–Trinajstić information content (AvgIpc) is 2.40. The van der Waals surface area contributed by atoms with Gasteiger partial charge in [0.1, 0.15) is 0 Å². The molecule has 4 heteroatoms. The Labute approximate surface area is 114 Å². The summed E-state index contributed by atoms with van der Waals surface area (Å²) in [5, 5.41) is 8.88. The highest BCUT2D eigenvalue weighted by molar-refractivity contribution is 5.71. The van der Waals surface area contributed by atoms with Gasteiger partial charge in [-0.2, -0.15) is 0 Å². The highest BCUT2D eigenvalue weighted by atomic mass is 16.5. The molecular formula is C15H21NO3. The normalized spacial score (nSPS) is 22.1. The second kappa shape index (κ2) is 6.68. The number of carboxylic acid groups (broad SMARTS) is 1. The fraction of sp³-hybridized carbons (Fsp3) is 0.533. The van der Waals surface area contributed by atoms with Gasteiger partial charge in [0, 0.05) is 13.1 Å². The summed E-state index contributed by atoms with van der Waals surface area (Å²) < 4.78 is 5.58. The van der Waals surface area contributed by atoms with Gasteiger partial charge in [-0.25, -0.2) is 4.79 Å². The number of piperidine rings is 1. The van der Waals surface area contributed by atoms with Gasteiger partial charge in [0.15, 0.2) is 6.10 Å². The van der Waals surface area contributed by atoms with Crippen molar-refractivity contribution in [3.05, 3.63) is 35.9 Å². The molecule has 104 valence electrons. The summed E-state index contributed by atoms with van der Waals surface area (Å²) in [7, 11) is 0. The van der Waals surface area contributed by atoms with Crippen LogP contribution in [0.5, 0.6) is 0 Å². The van der Waals surface area contributed by atoms with E-state index in [1.54, 1.807) is 6.92 Å². The Morgan fingerprint density at radius 2 is 2.21 bits per heavy atom. The Morgan fingerprint density at radius 3 is 2.89 bits per heavy atom. The minimum atomic E-state index is -0.889. The predicted octanol–water partition coefficient (Wildman–Crippen LogP) is 2.14. The van der Waals surface area contributed by atoms with Gasteiger partial charge in [0.2, 0.25) is 0 Å². The minimum Gasteiger partial charge on any atom is -0.479 e. The van der Waals surface area contributed by atoms with E-state index in [9.17, 15) is 4.79 Å². The molecular weight excluding hydrogens is 242 g/mol. The molecule has 19 heavy (non-hydrogen) atoms. The van der Waals surface area contributed by atoms with E-state index >= 15 is 0 Å². The van der Waals surface area contributed by atoms with E-state index < -0.39 is 12.1 Å². The topological polar surface area (TPSA) is 49.8 Å². The standard InChI is InChI=1S/C15H21NO3/c1-12(15(17)18)19-14-8-5-9-16(11-14)10-13-6-3-2-4-7-13/h2-4,6-7,12,14H,5,8-11H2,1H3,(H,17,18). The first kappa shape index (κ1) is 14.0. The lowest BCUT2D eigenvalue weighted by molar-refractivity contribution is -0.154. The number of rotatable bonds is 5. The monoisotopic (exact) mass is 263 g/mol. The van der Waals surface area contributed by atoms with Crippen molar-refractivity contribution in [2.75, 3.05) is 13.1 Å². The largest absolute Gasteiger partial charge is 0.479 e. The second-order valence-corrected chi connectivity index (χ2v) is 5.10. The molecule has 0 amide bonds. The van der Waals surface area contributed by atoms with Crippen LogP contribution in [0, 0.1) is 0 Å². The van der Waals surface area contributed by atoms with Crippen molar-refractivity contribution in [2.24, 2.45) is 0 Å². The fourth-order valence-electron chi connectivity index (χ4n) is 2.46. The zero-order valence-electron chi connectivity index (χ0n) is 11.3. The summed E-state index contributed by atoms with van der Waals surface area (Å²) in [6.07, 6.45) is 1.32. The summed E-state index contributed by atoms with van der Waals surface area (Å²) in [6.45, 7) is 4.36. The molecule has 0 aliphatic carbocycles. The average molecular weight is 263 g/mol. The lowest BCUT2D eigenvalue weighted by atomic mass is 10.1. The smallest absolute Gasteiger partial charge is 0.332 e. The van der Waals surface area contributed by atoms with Crippen molar-refractivity contribution in [3.63, 3.8) is 0 Å². The van der Waals surface area contributed by atoms with E-state index in [4.69, 9.17) is 9.84 Å². The molecule has 2 atom stereocenters. The highest BCUT2D eigenvalue weighted by Gasteiger charge is 2.24. The Balaban J connectivity index is 1.85. The van der Waals surface area contributed by atoms with E-state index in [-0.39, 0.29) is 6.10 Å². The molecule has 4 nitrogen and oxygen atoms in total. The fourth-order valence-corrected chi connectivity index (χ4v) is 2.46. The van der Waals surface area contributed by atoms with Crippen molar-refractivity contribution in [1.29, 1.82) is 0 Å². The molecule has 0 bridgehead atoms. The third kappa shape index (κ3) is 4.33. The molecule has 1 fully saturated rings. The first-order valence-electron chi connectivity index (χ1n) is 6.79. The van der Waals surface area contributed by atoms with Crippen LogP contribution in [0.2, 0.25) is 0 Å². The molecule has 1 aromatic carbocycles. The van der Waals surface area contributed by atoms with Gasteiger partial charge >= 0.3 is 5.97 Å². The maximum atomic E-state index is 10.8. The first-order chi connectivity index (χ1) is 9.15. The van der Waals surface area contributed by atoms with Crippen LogP contribution in [-0.2, 0) is 16.1 Å². The lowest BCUT2D eigenvalue weighted by Crippen LogP contribution is -2.41. The quantitative estimate of drug-likeness (QED) is 0.884. The zero-order chi connectivity index (χ0) is 13.7. The van der Waals surface area contributed by atoms with Gasteiger partial charge in [-0.1, -0.05) is 30.3 Å². The number of hydrogen-bond acceptors (Lipinski definition) is 3. The maximum absolute atomic E-state index is 10.8. The van der Waals surface area contributed by atoms with E-state index in [0.717, 1.165) is 32.5 Å². The van der Waals surface area contributed by atoms with Crippen LogP contribution >= 0.6 is 0 Å². The van der Waals surface area contributed by atoms with Gasteiger partial charge in [-0.3, -0.25) is 4.90 Å². The van der Waals surface area contributed by atoms with Crippen molar-refractivity contribution in [2.45, 2.75) is 38.5 Å². The van der Waals surface area contributed by atoms with Crippen molar-refractivity contribution in [1.82, 2.24) is 4.90 Å².